The average molecular weight is 247 g/mol. The van der Waals surface area contributed by atoms with Crippen molar-refractivity contribution in [3.05, 3.63) is 42.1 Å². The van der Waals surface area contributed by atoms with Gasteiger partial charge in [0.25, 0.3) is 6.20 Å². The van der Waals surface area contributed by atoms with E-state index in [-0.39, 0.29) is 11.9 Å². The Morgan fingerprint density at radius 2 is 2.22 bits per heavy atom. The van der Waals surface area contributed by atoms with Gasteiger partial charge >= 0.3 is 11.9 Å². The van der Waals surface area contributed by atoms with Crippen LogP contribution in [0.1, 0.15) is 18.5 Å². The number of primary amides is 1. The molecular formula is C12H15N4O2+. The van der Waals surface area contributed by atoms with Gasteiger partial charge in [-0.15, -0.1) is 0 Å². The molecule has 0 saturated carbocycles. The number of nitrogens with one attached hydrogen (secondary N) is 1. The van der Waals surface area contributed by atoms with Gasteiger partial charge in [-0.1, -0.05) is 30.3 Å². The highest BCUT2D eigenvalue weighted by atomic mass is 16.5. The quantitative estimate of drug-likeness (QED) is 0.797. The Kier molecular flexibility index (Phi) is 3.57. The van der Waals surface area contributed by atoms with Crippen molar-refractivity contribution in [1.82, 2.24) is 5.27 Å². The molecule has 2 amide bonds. The maximum Gasteiger partial charge on any atom is 0.319 e. The molecule has 3 N–H and O–H groups in total. The fourth-order valence-corrected chi connectivity index (χ4v) is 1.69. The van der Waals surface area contributed by atoms with Gasteiger partial charge in [-0.3, -0.25) is 9.84 Å². The summed E-state index contributed by atoms with van der Waals surface area (Å²) in [4.78, 5) is 10.7. The minimum atomic E-state index is -0.672. The van der Waals surface area contributed by atoms with Gasteiger partial charge in [0, 0.05) is 13.3 Å². The van der Waals surface area contributed by atoms with Gasteiger partial charge in [0.15, 0.2) is 6.04 Å². The first-order valence-electron chi connectivity index (χ1n) is 5.63. The molecule has 0 bridgehead atoms. The molecule has 0 aliphatic carbocycles. The van der Waals surface area contributed by atoms with Crippen molar-refractivity contribution in [3.63, 3.8) is 0 Å². The maximum absolute atomic E-state index is 10.7. The van der Waals surface area contributed by atoms with Gasteiger partial charge in [0.2, 0.25) is 5.27 Å². The van der Waals surface area contributed by atoms with Gasteiger partial charge in [-0.05, 0) is 10.2 Å². The number of amides is 2. The predicted octanol–water partition coefficient (Wildman–Crippen LogP) is 1.26. The number of urea groups is 1. The van der Waals surface area contributed by atoms with Crippen molar-refractivity contribution in [2.24, 2.45) is 5.73 Å². The molecule has 2 rings (SSSR count). The van der Waals surface area contributed by atoms with Gasteiger partial charge < -0.3 is 5.73 Å². The van der Waals surface area contributed by atoms with Crippen molar-refractivity contribution in [2.75, 3.05) is 5.32 Å². The van der Waals surface area contributed by atoms with E-state index in [0.717, 1.165) is 6.42 Å². The van der Waals surface area contributed by atoms with Crippen molar-refractivity contribution in [1.29, 1.82) is 0 Å². The summed E-state index contributed by atoms with van der Waals surface area (Å²) < 4.78 is 6.59. The first-order valence-corrected chi connectivity index (χ1v) is 5.63. The molecular weight excluding hydrogens is 232 g/mol. The topological polar surface area (TPSA) is 85.0 Å². The third kappa shape index (κ3) is 3.07. The van der Waals surface area contributed by atoms with Crippen LogP contribution in [0.3, 0.4) is 0 Å². The summed E-state index contributed by atoms with van der Waals surface area (Å²) >= 11 is 0. The molecule has 94 valence electrons. The van der Waals surface area contributed by atoms with Gasteiger partial charge in [0.05, 0.1) is 0 Å². The van der Waals surface area contributed by atoms with Crippen molar-refractivity contribution >= 4 is 11.9 Å². The first-order chi connectivity index (χ1) is 8.65. The fraction of sp³-hybridized carbons (Fsp3) is 0.250. The van der Waals surface area contributed by atoms with Gasteiger partial charge in [0.1, 0.15) is 0 Å². The van der Waals surface area contributed by atoms with E-state index in [1.807, 2.05) is 25.1 Å². The maximum atomic E-state index is 10.7. The van der Waals surface area contributed by atoms with E-state index in [1.165, 1.54) is 5.56 Å². The highest BCUT2D eigenvalue weighted by Gasteiger charge is 2.20. The smallest absolute Gasteiger partial charge is 0.319 e. The fourth-order valence-electron chi connectivity index (χ4n) is 1.69. The van der Waals surface area contributed by atoms with E-state index in [4.69, 9.17) is 10.3 Å². The lowest BCUT2D eigenvalue weighted by Crippen LogP contribution is -2.40. The molecule has 2 aromatic rings. The predicted molar refractivity (Wildman–Crippen MR) is 64.8 cm³/mol. The number of carbonyl (C=O) groups excluding carboxylic acids is 1. The Morgan fingerprint density at radius 3 is 2.89 bits per heavy atom. The normalized spacial score (nSPS) is 12.1. The first kappa shape index (κ1) is 12.1. The van der Waals surface area contributed by atoms with Crippen LogP contribution < -0.4 is 15.7 Å². The van der Waals surface area contributed by atoms with Crippen LogP contribution >= 0.6 is 0 Å². The van der Waals surface area contributed by atoms with Crippen molar-refractivity contribution in [3.8, 4) is 0 Å². The third-order valence-corrected chi connectivity index (χ3v) is 2.55. The Morgan fingerprint density at radius 1 is 1.50 bits per heavy atom. The van der Waals surface area contributed by atoms with Crippen molar-refractivity contribution in [2.45, 2.75) is 19.4 Å². The summed E-state index contributed by atoms with van der Waals surface area (Å²) in [5.74, 6) is 0.238. The highest BCUT2D eigenvalue weighted by Crippen LogP contribution is 2.09. The zero-order chi connectivity index (χ0) is 13.0. The van der Waals surface area contributed by atoms with Crippen LogP contribution in [-0.2, 0) is 6.42 Å². The standard InChI is InChI=1S/C12H14N4O2/c1-9(7-10-5-3-2-4-6-10)16-8-11(18-15-16)14-12(13)17/h2-6,8-9H,7H2,1H3,(H2-,13,14,15,17)/p+1/t9-/m1/s1. The summed E-state index contributed by atoms with van der Waals surface area (Å²) in [6.07, 6.45) is 2.44. The number of nitrogens with zero attached hydrogens (tertiary/aromatic N) is 2. The van der Waals surface area contributed by atoms with E-state index < -0.39 is 6.03 Å². The molecule has 1 heterocycles. The molecule has 1 aromatic carbocycles. The Balaban J connectivity index is 2.03. The zero-order valence-electron chi connectivity index (χ0n) is 10.0. The van der Waals surface area contributed by atoms with Gasteiger partial charge in [-0.25, -0.2) is 4.79 Å². The summed E-state index contributed by atoms with van der Waals surface area (Å²) in [6.45, 7) is 2.02. The van der Waals surface area contributed by atoms with E-state index in [2.05, 4.69) is 22.7 Å². The van der Waals surface area contributed by atoms with E-state index in [9.17, 15) is 4.79 Å². The van der Waals surface area contributed by atoms with Gasteiger partial charge in [-0.2, -0.15) is 0 Å². The number of hydrogen-bond donors (Lipinski definition) is 2. The van der Waals surface area contributed by atoms with Crippen LogP contribution in [0.4, 0.5) is 10.7 Å². The third-order valence-electron chi connectivity index (χ3n) is 2.55. The SMILES string of the molecule is C[C@H](Cc1ccccc1)[n+]1cc(NC(N)=O)on1. The number of nitrogens with two attached hydrogens (primary N) is 1. The number of carbonyl (C=O) groups is 1. The molecule has 6 heteroatoms. The number of rotatable bonds is 4. The molecule has 0 saturated heterocycles. The Labute approximate surface area is 104 Å². The van der Waals surface area contributed by atoms with Crippen LogP contribution in [-0.4, -0.2) is 11.3 Å². The molecule has 18 heavy (non-hydrogen) atoms. The second kappa shape index (κ2) is 5.31. The largest absolute Gasteiger partial charge is 0.351 e. The molecule has 1 aromatic heterocycles. The highest BCUT2D eigenvalue weighted by molar-refractivity contribution is 5.85. The molecule has 0 aliphatic rings. The average Bonchev–Trinajstić information content (AvgIpc) is 2.78. The number of aromatic nitrogens is 2. The monoisotopic (exact) mass is 247 g/mol. The summed E-state index contributed by atoms with van der Waals surface area (Å²) in [6, 6.07) is 9.53. The van der Waals surface area contributed by atoms with Crippen molar-refractivity contribution < 1.29 is 14.0 Å². The molecule has 0 fully saturated rings. The van der Waals surface area contributed by atoms with Crippen LogP contribution in [0.2, 0.25) is 0 Å². The Bertz CT molecular complexity index is 524. The lowest BCUT2D eigenvalue weighted by atomic mass is 10.1. The molecule has 0 unspecified atom stereocenters. The summed E-state index contributed by atoms with van der Waals surface area (Å²) in [5, 5.41) is 6.17. The second-order valence-corrected chi connectivity index (χ2v) is 4.07. The second-order valence-electron chi connectivity index (χ2n) is 4.07. The number of benzene rings is 1. The number of anilines is 1. The van der Waals surface area contributed by atoms with Crippen LogP contribution in [0, 0.1) is 0 Å². The molecule has 0 spiro atoms. The van der Waals surface area contributed by atoms with Crippen LogP contribution in [0.25, 0.3) is 0 Å². The lowest BCUT2D eigenvalue weighted by molar-refractivity contribution is -0.782. The summed E-state index contributed by atoms with van der Waals surface area (Å²) in [5.41, 5.74) is 6.20. The zero-order valence-corrected chi connectivity index (χ0v) is 10.0. The van der Waals surface area contributed by atoms with E-state index >= 15 is 0 Å². The van der Waals surface area contributed by atoms with E-state index in [0.29, 0.717) is 0 Å². The molecule has 1 atom stereocenters. The van der Waals surface area contributed by atoms with Crippen LogP contribution in [0.15, 0.2) is 41.1 Å². The minimum absolute atomic E-state index is 0.125. The van der Waals surface area contributed by atoms with E-state index in [1.54, 1.807) is 10.9 Å². The minimum Gasteiger partial charge on any atom is -0.351 e. The molecule has 6 nitrogen and oxygen atoms in total. The summed E-state index contributed by atoms with van der Waals surface area (Å²) in [7, 11) is 0. The molecule has 0 aliphatic heterocycles. The Hall–Kier alpha value is -2.37. The van der Waals surface area contributed by atoms with Crippen LogP contribution in [0.5, 0.6) is 0 Å². The lowest BCUT2D eigenvalue weighted by Gasteiger charge is -2.01. The number of hydrogen-bond acceptors (Lipinski definition) is 3. The molecule has 0 radical (unpaired) electrons.